The average molecular weight is 369 g/mol. The van der Waals surface area contributed by atoms with Gasteiger partial charge in [-0.05, 0) is 47.7 Å². The van der Waals surface area contributed by atoms with Gasteiger partial charge < -0.3 is 9.30 Å². The van der Waals surface area contributed by atoms with Gasteiger partial charge in [0.15, 0.2) is 0 Å². The highest BCUT2D eigenvalue weighted by atomic mass is 32.1. The van der Waals surface area contributed by atoms with Crippen LogP contribution < -0.4 is 0 Å². The molecule has 0 unspecified atom stereocenters. The number of hydrogen-bond acceptors (Lipinski definition) is 4. The number of rotatable bonds is 3. The summed E-state index contributed by atoms with van der Waals surface area (Å²) in [6.07, 6.45) is 2.90. The second-order valence-electron chi connectivity index (χ2n) is 7.16. The molecule has 6 heteroatoms. The Hall–Kier alpha value is -2.02. The molecule has 5 rings (SSSR count). The van der Waals surface area contributed by atoms with Gasteiger partial charge in [0, 0.05) is 24.5 Å². The van der Waals surface area contributed by atoms with Gasteiger partial charge >= 0.3 is 0 Å². The maximum Gasteiger partial charge on any atom is 0.135 e. The summed E-state index contributed by atoms with van der Waals surface area (Å²) in [5, 5.41) is 2.13. The number of halogens is 1. The van der Waals surface area contributed by atoms with E-state index in [4.69, 9.17) is 4.74 Å². The van der Waals surface area contributed by atoms with Crippen LogP contribution in [0.15, 0.2) is 48.0 Å². The molecule has 0 radical (unpaired) electrons. The Kier molecular flexibility index (Phi) is 3.92. The highest BCUT2D eigenvalue weighted by Gasteiger charge is 2.43. The van der Waals surface area contributed by atoms with E-state index in [1.54, 1.807) is 0 Å². The first-order valence-corrected chi connectivity index (χ1v) is 9.78. The maximum atomic E-state index is 13.3. The molecule has 4 heterocycles. The number of fused-ring (bicyclic) bond motifs is 1. The maximum absolute atomic E-state index is 13.3. The van der Waals surface area contributed by atoms with Crippen molar-refractivity contribution >= 4 is 11.3 Å². The molecule has 1 aromatic carbocycles. The molecule has 3 aromatic rings. The molecule has 1 fully saturated rings. The molecule has 2 aliphatic heterocycles. The topological polar surface area (TPSA) is 30.3 Å². The second kappa shape index (κ2) is 6.30. The Morgan fingerprint density at radius 2 is 2.08 bits per heavy atom. The van der Waals surface area contributed by atoms with E-state index in [0.717, 1.165) is 49.7 Å². The van der Waals surface area contributed by atoms with Crippen LogP contribution in [0.1, 0.15) is 17.1 Å². The summed E-state index contributed by atoms with van der Waals surface area (Å²) in [6, 6.07) is 10.9. The van der Waals surface area contributed by atoms with Crippen molar-refractivity contribution in [1.82, 2.24) is 14.5 Å². The van der Waals surface area contributed by atoms with Crippen molar-refractivity contribution in [3.63, 3.8) is 0 Å². The zero-order valence-electron chi connectivity index (χ0n) is 14.4. The van der Waals surface area contributed by atoms with E-state index in [-0.39, 0.29) is 11.4 Å². The number of thiophene rings is 1. The third kappa shape index (κ3) is 2.88. The predicted molar refractivity (Wildman–Crippen MR) is 99.4 cm³/mol. The fourth-order valence-corrected chi connectivity index (χ4v) is 4.79. The van der Waals surface area contributed by atoms with Gasteiger partial charge in [-0.2, -0.15) is 0 Å². The van der Waals surface area contributed by atoms with E-state index in [2.05, 4.69) is 32.0 Å². The molecule has 0 saturated carbocycles. The number of nitrogens with zero attached hydrogens (tertiary/aromatic N) is 3. The molecule has 2 aromatic heterocycles. The van der Waals surface area contributed by atoms with Gasteiger partial charge in [0.25, 0.3) is 0 Å². The zero-order chi connectivity index (χ0) is 17.6. The van der Waals surface area contributed by atoms with Crippen molar-refractivity contribution < 1.29 is 9.13 Å². The Labute approximate surface area is 155 Å². The van der Waals surface area contributed by atoms with E-state index in [1.807, 2.05) is 29.7 Å². The zero-order valence-corrected chi connectivity index (χ0v) is 15.2. The SMILES string of the molecule is Fc1ccc(-c2cnc3n2C[C@@]2(CCN(Cc4cccs4)C2)OC3)cc1. The van der Waals surface area contributed by atoms with E-state index in [1.165, 1.54) is 17.0 Å². The van der Waals surface area contributed by atoms with E-state index in [9.17, 15) is 4.39 Å². The minimum absolute atomic E-state index is 0.153. The molecular formula is C20H20FN3OS. The van der Waals surface area contributed by atoms with Gasteiger partial charge in [0.2, 0.25) is 0 Å². The number of aromatic nitrogens is 2. The summed E-state index contributed by atoms with van der Waals surface area (Å²) in [6.45, 7) is 4.31. The second-order valence-corrected chi connectivity index (χ2v) is 8.20. The molecule has 2 aliphatic rings. The fourth-order valence-electron chi connectivity index (χ4n) is 4.04. The number of ether oxygens (including phenoxy) is 1. The first kappa shape index (κ1) is 16.2. The first-order chi connectivity index (χ1) is 12.7. The van der Waals surface area contributed by atoms with Gasteiger partial charge in [-0.3, -0.25) is 4.90 Å². The summed E-state index contributed by atoms with van der Waals surface area (Å²) in [4.78, 5) is 8.40. The molecule has 26 heavy (non-hydrogen) atoms. The quantitative estimate of drug-likeness (QED) is 0.701. The van der Waals surface area contributed by atoms with Crippen LogP contribution in [0.3, 0.4) is 0 Å². The molecule has 134 valence electrons. The highest BCUT2D eigenvalue weighted by molar-refractivity contribution is 7.09. The van der Waals surface area contributed by atoms with Gasteiger partial charge in [-0.1, -0.05) is 6.07 Å². The van der Waals surface area contributed by atoms with Crippen molar-refractivity contribution in [1.29, 1.82) is 0 Å². The third-order valence-electron chi connectivity index (χ3n) is 5.39. The Morgan fingerprint density at radius 1 is 1.19 bits per heavy atom. The van der Waals surface area contributed by atoms with Gasteiger partial charge in [-0.15, -0.1) is 11.3 Å². The van der Waals surface area contributed by atoms with Crippen molar-refractivity contribution in [3.05, 3.63) is 64.5 Å². The van der Waals surface area contributed by atoms with Crippen LogP contribution in [-0.2, 0) is 24.4 Å². The number of benzene rings is 1. The van der Waals surface area contributed by atoms with E-state index in [0.29, 0.717) is 6.61 Å². The lowest BCUT2D eigenvalue weighted by atomic mass is 10.0. The molecule has 0 amide bonds. The molecule has 0 bridgehead atoms. The lowest BCUT2D eigenvalue weighted by molar-refractivity contribution is -0.0821. The van der Waals surface area contributed by atoms with Crippen molar-refractivity contribution in [2.24, 2.45) is 0 Å². The van der Waals surface area contributed by atoms with Crippen LogP contribution >= 0.6 is 11.3 Å². The lowest BCUT2D eigenvalue weighted by Crippen LogP contribution is -2.44. The summed E-state index contributed by atoms with van der Waals surface area (Å²) < 4.78 is 21.8. The van der Waals surface area contributed by atoms with Crippen LogP contribution in [0.25, 0.3) is 11.3 Å². The average Bonchev–Trinajstić information content (AvgIpc) is 3.37. The monoisotopic (exact) mass is 369 g/mol. The largest absolute Gasteiger partial charge is 0.364 e. The van der Waals surface area contributed by atoms with E-state index >= 15 is 0 Å². The normalized spacial score (nSPS) is 22.8. The van der Waals surface area contributed by atoms with E-state index < -0.39 is 0 Å². The highest BCUT2D eigenvalue weighted by Crippen LogP contribution is 2.35. The first-order valence-electron chi connectivity index (χ1n) is 8.90. The Bertz CT molecular complexity index is 906. The van der Waals surface area contributed by atoms with Gasteiger partial charge in [0.1, 0.15) is 23.8 Å². The van der Waals surface area contributed by atoms with Crippen molar-refractivity contribution in [2.45, 2.75) is 31.7 Å². The fraction of sp³-hybridized carbons (Fsp3) is 0.350. The van der Waals surface area contributed by atoms with Gasteiger partial charge in [-0.25, -0.2) is 9.37 Å². The molecule has 0 aliphatic carbocycles. The number of hydrogen-bond donors (Lipinski definition) is 0. The van der Waals surface area contributed by atoms with Crippen LogP contribution in [0, 0.1) is 5.82 Å². The van der Waals surface area contributed by atoms with Crippen molar-refractivity contribution in [2.75, 3.05) is 13.1 Å². The predicted octanol–water partition coefficient (Wildman–Crippen LogP) is 3.93. The minimum atomic E-state index is -0.216. The van der Waals surface area contributed by atoms with Gasteiger partial charge in [0.05, 0.1) is 18.4 Å². The minimum Gasteiger partial charge on any atom is -0.364 e. The summed E-state index contributed by atoms with van der Waals surface area (Å²) >= 11 is 1.81. The molecule has 4 nitrogen and oxygen atoms in total. The number of likely N-dealkylation sites (tertiary alicyclic amines) is 1. The Morgan fingerprint density at radius 3 is 2.88 bits per heavy atom. The molecular weight excluding hydrogens is 349 g/mol. The van der Waals surface area contributed by atoms with Crippen LogP contribution in [0.5, 0.6) is 0 Å². The summed E-state index contributed by atoms with van der Waals surface area (Å²) in [7, 11) is 0. The summed E-state index contributed by atoms with van der Waals surface area (Å²) in [5.74, 6) is 0.735. The molecule has 1 spiro atoms. The molecule has 1 saturated heterocycles. The van der Waals surface area contributed by atoms with Crippen LogP contribution in [0.2, 0.25) is 0 Å². The third-order valence-corrected chi connectivity index (χ3v) is 6.25. The molecule has 0 N–H and O–H groups in total. The lowest BCUT2D eigenvalue weighted by Gasteiger charge is -2.35. The van der Waals surface area contributed by atoms with Crippen LogP contribution in [0.4, 0.5) is 4.39 Å². The standard InChI is InChI=1S/C20H20FN3OS/c21-16-5-3-15(4-6-16)18-10-22-19-12-25-20(14-24(18)19)7-8-23(13-20)11-17-2-1-9-26-17/h1-6,9-10H,7-8,11-14H2/t20-/m0/s1. The van der Waals surface area contributed by atoms with Crippen molar-refractivity contribution in [3.8, 4) is 11.3 Å². The van der Waals surface area contributed by atoms with Crippen LogP contribution in [-0.4, -0.2) is 33.1 Å². The smallest absolute Gasteiger partial charge is 0.135 e. The Balaban J connectivity index is 1.38. The molecule has 1 atom stereocenters. The summed E-state index contributed by atoms with van der Waals surface area (Å²) in [5.41, 5.74) is 1.88. The number of imidazole rings is 1.